The Balaban J connectivity index is 1.72. The van der Waals surface area contributed by atoms with Gasteiger partial charge in [-0.25, -0.2) is 8.42 Å². The first-order valence-corrected chi connectivity index (χ1v) is 10.6. The van der Waals surface area contributed by atoms with Crippen LogP contribution >= 0.6 is 15.9 Å². The molecule has 2 N–H and O–H groups in total. The fourth-order valence-corrected chi connectivity index (χ4v) is 4.33. The summed E-state index contributed by atoms with van der Waals surface area (Å²) in [4.78, 5) is 12.5. The van der Waals surface area contributed by atoms with E-state index in [-0.39, 0.29) is 18.4 Å². The predicted molar refractivity (Wildman–Crippen MR) is 102 cm³/mol. The normalized spacial score (nSPS) is 16.3. The number of para-hydroxylation sites is 1. The van der Waals surface area contributed by atoms with Crippen LogP contribution in [0.25, 0.3) is 0 Å². The number of rotatable bonds is 5. The van der Waals surface area contributed by atoms with Crippen molar-refractivity contribution in [3.05, 3.63) is 63.6 Å². The van der Waals surface area contributed by atoms with Crippen molar-refractivity contribution >= 4 is 37.5 Å². The maximum absolute atomic E-state index is 12.5. The Labute approximate surface area is 156 Å². The number of anilines is 1. The zero-order chi connectivity index (χ0) is 18.0. The van der Waals surface area contributed by atoms with Gasteiger partial charge in [0.25, 0.3) is 0 Å². The minimum absolute atomic E-state index is 0.00460. The van der Waals surface area contributed by atoms with E-state index in [0.717, 1.165) is 29.1 Å². The summed E-state index contributed by atoms with van der Waals surface area (Å²) >= 11 is 3.55. The maximum Gasteiger partial charge on any atom is 0.229 e. The molecule has 25 heavy (non-hydrogen) atoms. The van der Waals surface area contributed by atoms with Crippen LogP contribution in [0.3, 0.4) is 0 Å². The summed E-state index contributed by atoms with van der Waals surface area (Å²) < 4.78 is 26.5. The molecule has 0 aromatic heterocycles. The van der Waals surface area contributed by atoms with Crippen molar-refractivity contribution in [3.63, 3.8) is 0 Å². The third-order valence-corrected chi connectivity index (χ3v) is 5.55. The number of sulfonamides is 1. The summed E-state index contributed by atoms with van der Waals surface area (Å²) in [6.45, 7) is 0. The van der Waals surface area contributed by atoms with Crippen molar-refractivity contribution in [2.75, 3.05) is 11.0 Å². The van der Waals surface area contributed by atoms with Crippen molar-refractivity contribution < 1.29 is 13.2 Å². The van der Waals surface area contributed by atoms with Crippen LogP contribution < -0.4 is 10.0 Å². The highest BCUT2D eigenvalue weighted by molar-refractivity contribution is 9.10. The smallest absolute Gasteiger partial charge is 0.229 e. The molecule has 0 radical (unpaired) electrons. The van der Waals surface area contributed by atoms with Gasteiger partial charge in [0.05, 0.1) is 24.4 Å². The van der Waals surface area contributed by atoms with Gasteiger partial charge in [-0.05, 0) is 41.7 Å². The fourth-order valence-electron chi connectivity index (χ4n) is 3.15. The monoisotopic (exact) mass is 422 g/mol. The second-order valence-corrected chi connectivity index (χ2v) is 8.78. The van der Waals surface area contributed by atoms with Crippen LogP contribution in [-0.2, 0) is 27.7 Å². The largest absolute Gasteiger partial charge is 0.349 e. The summed E-state index contributed by atoms with van der Waals surface area (Å²) in [5.74, 6) is -0.124. The lowest BCUT2D eigenvalue weighted by Crippen LogP contribution is -2.29. The first-order chi connectivity index (χ1) is 11.8. The van der Waals surface area contributed by atoms with Crippen LogP contribution in [0.2, 0.25) is 0 Å². The summed E-state index contributed by atoms with van der Waals surface area (Å²) in [6.07, 6.45) is 3.01. The summed E-state index contributed by atoms with van der Waals surface area (Å²) in [5, 5.41) is 3.06. The van der Waals surface area contributed by atoms with E-state index in [9.17, 15) is 13.2 Å². The molecule has 0 fully saturated rings. The summed E-state index contributed by atoms with van der Waals surface area (Å²) in [6, 6.07) is 13.0. The van der Waals surface area contributed by atoms with E-state index in [4.69, 9.17) is 0 Å². The van der Waals surface area contributed by atoms with Gasteiger partial charge in [-0.2, -0.15) is 0 Å². The van der Waals surface area contributed by atoms with Crippen molar-refractivity contribution in [2.24, 2.45) is 0 Å². The highest BCUT2D eigenvalue weighted by Crippen LogP contribution is 2.35. The van der Waals surface area contributed by atoms with Crippen LogP contribution in [0.5, 0.6) is 0 Å². The number of benzene rings is 2. The van der Waals surface area contributed by atoms with E-state index >= 15 is 0 Å². The molecule has 1 aliphatic rings. The number of fused-ring (bicyclic) bond motifs is 1. The van der Waals surface area contributed by atoms with Gasteiger partial charge < -0.3 is 5.32 Å². The van der Waals surface area contributed by atoms with Gasteiger partial charge in [0.15, 0.2) is 0 Å². The van der Waals surface area contributed by atoms with E-state index in [1.165, 1.54) is 5.56 Å². The van der Waals surface area contributed by atoms with Crippen LogP contribution in [-0.4, -0.2) is 20.6 Å². The molecule has 2 aromatic carbocycles. The molecule has 0 spiro atoms. The second kappa shape index (κ2) is 7.17. The predicted octanol–water partition coefficient (Wildman–Crippen LogP) is 3.17. The van der Waals surface area contributed by atoms with Gasteiger partial charge in [-0.3, -0.25) is 9.52 Å². The molecule has 2 aromatic rings. The molecule has 0 heterocycles. The van der Waals surface area contributed by atoms with Crippen molar-refractivity contribution in [1.29, 1.82) is 0 Å². The van der Waals surface area contributed by atoms with Crippen LogP contribution in [0.1, 0.15) is 29.2 Å². The lowest BCUT2D eigenvalue weighted by molar-refractivity contribution is -0.121. The average molecular weight is 423 g/mol. The summed E-state index contributed by atoms with van der Waals surface area (Å²) in [5.41, 5.74) is 3.48. The Hall–Kier alpha value is -1.86. The van der Waals surface area contributed by atoms with Crippen LogP contribution in [0.15, 0.2) is 46.9 Å². The number of nitrogens with one attached hydrogen (secondary N) is 2. The number of hydrogen-bond acceptors (Lipinski definition) is 3. The Morgan fingerprint density at radius 1 is 1.20 bits per heavy atom. The molecule has 1 unspecified atom stereocenters. The lowest BCUT2D eigenvalue weighted by atomic mass is 10.1. The quantitative estimate of drug-likeness (QED) is 0.776. The average Bonchev–Trinajstić information content (AvgIpc) is 2.92. The molecule has 3 rings (SSSR count). The van der Waals surface area contributed by atoms with Gasteiger partial charge in [0, 0.05) is 4.47 Å². The Bertz CT molecular complexity index is 912. The maximum atomic E-state index is 12.5. The van der Waals surface area contributed by atoms with Crippen molar-refractivity contribution in [2.45, 2.75) is 25.3 Å². The van der Waals surface area contributed by atoms with Crippen molar-refractivity contribution in [3.8, 4) is 0 Å². The summed E-state index contributed by atoms with van der Waals surface area (Å²) in [7, 11) is -3.39. The SMILES string of the molecule is CS(=O)(=O)Nc1ccccc1CC(=O)NC1CCc2c(Br)cccc21. The van der Waals surface area contributed by atoms with Gasteiger partial charge >= 0.3 is 0 Å². The molecule has 1 atom stereocenters. The zero-order valence-electron chi connectivity index (χ0n) is 13.8. The minimum atomic E-state index is -3.39. The number of carbonyl (C=O) groups excluding carboxylic acids is 1. The second-order valence-electron chi connectivity index (χ2n) is 6.17. The first kappa shape index (κ1) is 17.9. The molecule has 1 amide bonds. The fraction of sp³-hybridized carbons (Fsp3) is 0.278. The molecule has 7 heteroatoms. The first-order valence-electron chi connectivity index (χ1n) is 7.96. The van der Waals surface area contributed by atoms with Gasteiger partial charge in [-0.1, -0.05) is 46.3 Å². The van der Waals surface area contributed by atoms with Crippen LogP contribution in [0.4, 0.5) is 5.69 Å². The molecule has 132 valence electrons. The van der Waals surface area contributed by atoms with Gasteiger partial charge in [0.2, 0.25) is 15.9 Å². The number of amides is 1. The van der Waals surface area contributed by atoms with Gasteiger partial charge in [-0.15, -0.1) is 0 Å². The van der Waals surface area contributed by atoms with E-state index in [1.807, 2.05) is 18.2 Å². The lowest BCUT2D eigenvalue weighted by Gasteiger charge is -2.16. The van der Waals surface area contributed by atoms with E-state index in [0.29, 0.717) is 11.3 Å². The zero-order valence-corrected chi connectivity index (χ0v) is 16.2. The molecule has 0 saturated heterocycles. The highest BCUT2D eigenvalue weighted by atomic mass is 79.9. The highest BCUT2D eigenvalue weighted by Gasteiger charge is 2.25. The number of hydrogen-bond donors (Lipinski definition) is 2. The number of halogens is 1. The van der Waals surface area contributed by atoms with E-state index in [2.05, 4.69) is 26.0 Å². The van der Waals surface area contributed by atoms with E-state index in [1.54, 1.807) is 24.3 Å². The van der Waals surface area contributed by atoms with E-state index < -0.39 is 10.0 Å². The molecule has 1 aliphatic carbocycles. The Morgan fingerprint density at radius 3 is 2.72 bits per heavy atom. The topological polar surface area (TPSA) is 75.3 Å². The van der Waals surface area contributed by atoms with Crippen molar-refractivity contribution in [1.82, 2.24) is 5.32 Å². The number of carbonyl (C=O) groups is 1. The minimum Gasteiger partial charge on any atom is -0.349 e. The van der Waals surface area contributed by atoms with Crippen LogP contribution in [0, 0.1) is 0 Å². The standard InChI is InChI=1S/C18H19BrN2O3S/c1-25(23,24)21-16-8-3-2-5-12(16)11-18(22)20-17-10-9-13-14(17)6-4-7-15(13)19/h2-8,17,21H,9-11H2,1H3,(H,20,22). The Morgan fingerprint density at radius 2 is 1.96 bits per heavy atom. The molecule has 0 saturated carbocycles. The molecule has 0 bridgehead atoms. The molecular formula is C18H19BrN2O3S. The molecular weight excluding hydrogens is 404 g/mol. The Kier molecular flexibility index (Phi) is 5.15. The molecule has 5 nitrogen and oxygen atoms in total. The third-order valence-electron chi connectivity index (χ3n) is 4.21. The third kappa shape index (κ3) is 4.41. The molecule has 0 aliphatic heterocycles. The van der Waals surface area contributed by atoms with Gasteiger partial charge in [0.1, 0.15) is 0 Å².